The third kappa shape index (κ3) is 6.77. The van der Waals surface area contributed by atoms with Crippen LogP contribution in [-0.4, -0.2) is 18.4 Å². The standard InChI is InChI=1S/C22H29N3O2/c1-4-5-6-13-21(26)24-18-10-8-11-19(14-18)25-22(27)15-23-20-12-7-9-16(2)17(20)3/h7-12,14,23H,4-6,13,15H2,1-3H3,(H,24,26)(H,25,27). The van der Waals surface area contributed by atoms with Crippen molar-refractivity contribution in [3.8, 4) is 0 Å². The summed E-state index contributed by atoms with van der Waals surface area (Å²) < 4.78 is 0. The minimum atomic E-state index is -0.137. The highest BCUT2D eigenvalue weighted by Crippen LogP contribution is 2.18. The maximum atomic E-state index is 12.2. The number of aryl methyl sites for hydroxylation is 1. The summed E-state index contributed by atoms with van der Waals surface area (Å²) in [6.45, 7) is 6.36. The van der Waals surface area contributed by atoms with Gasteiger partial charge in [-0.25, -0.2) is 0 Å². The maximum Gasteiger partial charge on any atom is 0.243 e. The Morgan fingerprint density at radius 1 is 0.889 bits per heavy atom. The predicted molar refractivity (Wildman–Crippen MR) is 112 cm³/mol. The Kier molecular flexibility index (Phi) is 7.86. The zero-order chi connectivity index (χ0) is 19.6. The summed E-state index contributed by atoms with van der Waals surface area (Å²) in [6.07, 6.45) is 3.55. The lowest BCUT2D eigenvalue weighted by Gasteiger charge is -2.12. The van der Waals surface area contributed by atoms with Crippen molar-refractivity contribution in [2.45, 2.75) is 46.5 Å². The summed E-state index contributed by atoms with van der Waals surface area (Å²) in [4.78, 5) is 24.2. The van der Waals surface area contributed by atoms with E-state index in [1.54, 1.807) is 6.07 Å². The van der Waals surface area contributed by atoms with Gasteiger partial charge in [0.1, 0.15) is 0 Å². The minimum Gasteiger partial charge on any atom is -0.376 e. The summed E-state index contributed by atoms with van der Waals surface area (Å²) in [5, 5.41) is 8.91. The molecular weight excluding hydrogens is 338 g/mol. The van der Waals surface area contributed by atoms with E-state index in [0.29, 0.717) is 17.8 Å². The smallest absolute Gasteiger partial charge is 0.243 e. The van der Waals surface area contributed by atoms with Crippen LogP contribution in [0, 0.1) is 13.8 Å². The molecule has 5 heteroatoms. The van der Waals surface area contributed by atoms with E-state index in [1.165, 1.54) is 5.56 Å². The van der Waals surface area contributed by atoms with Gasteiger partial charge in [0.25, 0.3) is 0 Å². The van der Waals surface area contributed by atoms with Crippen LogP contribution in [0.15, 0.2) is 42.5 Å². The van der Waals surface area contributed by atoms with Gasteiger partial charge < -0.3 is 16.0 Å². The monoisotopic (exact) mass is 367 g/mol. The topological polar surface area (TPSA) is 70.2 Å². The van der Waals surface area contributed by atoms with Gasteiger partial charge >= 0.3 is 0 Å². The van der Waals surface area contributed by atoms with Crippen molar-refractivity contribution < 1.29 is 9.59 Å². The van der Waals surface area contributed by atoms with Crippen molar-refractivity contribution in [3.63, 3.8) is 0 Å². The maximum absolute atomic E-state index is 12.2. The van der Waals surface area contributed by atoms with Crippen molar-refractivity contribution in [1.29, 1.82) is 0 Å². The number of anilines is 3. The number of carbonyl (C=O) groups is 2. The van der Waals surface area contributed by atoms with E-state index in [1.807, 2.05) is 50.2 Å². The quantitative estimate of drug-likeness (QED) is 0.554. The van der Waals surface area contributed by atoms with E-state index >= 15 is 0 Å². The molecule has 0 saturated carbocycles. The highest BCUT2D eigenvalue weighted by Gasteiger charge is 2.07. The molecule has 2 aromatic carbocycles. The second-order valence-electron chi connectivity index (χ2n) is 6.74. The molecule has 0 bridgehead atoms. The molecule has 0 aromatic heterocycles. The molecule has 0 aliphatic carbocycles. The third-order valence-electron chi connectivity index (χ3n) is 4.48. The molecule has 2 aromatic rings. The van der Waals surface area contributed by atoms with Gasteiger partial charge in [-0.3, -0.25) is 9.59 Å². The summed E-state index contributed by atoms with van der Waals surface area (Å²) in [6, 6.07) is 13.2. The lowest BCUT2D eigenvalue weighted by molar-refractivity contribution is -0.116. The van der Waals surface area contributed by atoms with Gasteiger partial charge in [0.15, 0.2) is 0 Å². The molecular formula is C22H29N3O2. The molecule has 0 atom stereocenters. The zero-order valence-corrected chi connectivity index (χ0v) is 16.4. The Bertz CT molecular complexity index is 787. The van der Waals surface area contributed by atoms with Crippen molar-refractivity contribution in [2.24, 2.45) is 0 Å². The van der Waals surface area contributed by atoms with Crippen LogP contribution in [0.5, 0.6) is 0 Å². The fourth-order valence-electron chi connectivity index (χ4n) is 2.76. The van der Waals surface area contributed by atoms with Crippen molar-refractivity contribution in [2.75, 3.05) is 22.5 Å². The molecule has 0 fully saturated rings. The SMILES string of the molecule is CCCCCC(=O)Nc1cccc(NC(=O)CNc2cccc(C)c2C)c1. The molecule has 2 amide bonds. The third-order valence-corrected chi connectivity index (χ3v) is 4.48. The number of benzene rings is 2. The fraction of sp³-hybridized carbons (Fsp3) is 0.364. The first-order valence-corrected chi connectivity index (χ1v) is 9.49. The lowest BCUT2D eigenvalue weighted by atomic mass is 10.1. The van der Waals surface area contributed by atoms with E-state index in [9.17, 15) is 9.59 Å². The molecule has 0 radical (unpaired) electrons. The molecule has 5 nitrogen and oxygen atoms in total. The highest BCUT2D eigenvalue weighted by molar-refractivity contribution is 5.95. The second-order valence-corrected chi connectivity index (χ2v) is 6.74. The number of unbranched alkanes of at least 4 members (excludes halogenated alkanes) is 2. The lowest BCUT2D eigenvalue weighted by Crippen LogP contribution is -2.22. The Hall–Kier alpha value is -2.82. The number of amides is 2. The molecule has 0 unspecified atom stereocenters. The largest absolute Gasteiger partial charge is 0.376 e. The molecule has 144 valence electrons. The van der Waals surface area contributed by atoms with E-state index in [0.717, 1.165) is 30.5 Å². The average Bonchev–Trinajstić information content (AvgIpc) is 2.63. The van der Waals surface area contributed by atoms with Crippen LogP contribution >= 0.6 is 0 Å². The number of rotatable bonds is 9. The summed E-state index contributed by atoms with van der Waals surface area (Å²) >= 11 is 0. The molecule has 0 saturated heterocycles. The molecule has 0 aliphatic rings. The number of hydrogen-bond acceptors (Lipinski definition) is 3. The van der Waals surface area contributed by atoms with Gasteiger partial charge in [0.05, 0.1) is 6.54 Å². The molecule has 2 rings (SSSR count). The second kappa shape index (κ2) is 10.4. The normalized spacial score (nSPS) is 10.3. The Balaban J connectivity index is 1.86. The molecule has 27 heavy (non-hydrogen) atoms. The fourth-order valence-corrected chi connectivity index (χ4v) is 2.76. The molecule has 0 heterocycles. The highest BCUT2D eigenvalue weighted by atomic mass is 16.2. The van der Waals surface area contributed by atoms with Gasteiger partial charge in [-0.15, -0.1) is 0 Å². The van der Waals surface area contributed by atoms with Gasteiger partial charge in [0.2, 0.25) is 11.8 Å². The minimum absolute atomic E-state index is 0.00326. The van der Waals surface area contributed by atoms with E-state index in [-0.39, 0.29) is 18.4 Å². The first kappa shape index (κ1) is 20.5. The van der Waals surface area contributed by atoms with Crippen molar-refractivity contribution >= 4 is 28.9 Å². The Morgan fingerprint density at radius 2 is 1.56 bits per heavy atom. The Labute approximate surface area is 161 Å². The number of hydrogen-bond donors (Lipinski definition) is 3. The van der Waals surface area contributed by atoms with Gasteiger partial charge in [-0.1, -0.05) is 38.0 Å². The molecule has 0 spiro atoms. The van der Waals surface area contributed by atoms with Crippen LogP contribution in [0.3, 0.4) is 0 Å². The number of nitrogens with one attached hydrogen (secondary N) is 3. The first-order valence-electron chi connectivity index (χ1n) is 9.49. The Morgan fingerprint density at radius 3 is 2.26 bits per heavy atom. The van der Waals surface area contributed by atoms with Crippen molar-refractivity contribution in [1.82, 2.24) is 0 Å². The van der Waals surface area contributed by atoms with Crippen LogP contribution in [-0.2, 0) is 9.59 Å². The first-order chi connectivity index (χ1) is 13.0. The van der Waals surface area contributed by atoms with E-state index in [2.05, 4.69) is 22.9 Å². The van der Waals surface area contributed by atoms with Gasteiger partial charge in [-0.2, -0.15) is 0 Å². The molecule has 0 aliphatic heterocycles. The van der Waals surface area contributed by atoms with E-state index < -0.39 is 0 Å². The van der Waals surface area contributed by atoms with Gasteiger partial charge in [-0.05, 0) is 55.7 Å². The zero-order valence-electron chi connectivity index (χ0n) is 16.4. The number of carbonyl (C=O) groups excluding carboxylic acids is 2. The molecule has 3 N–H and O–H groups in total. The van der Waals surface area contributed by atoms with Crippen molar-refractivity contribution in [3.05, 3.63) is 53.6 Å². The summed E-state index contributed by atoms with van der Waals surface area (Å²) in [5.41, 5.74) is 4.63. The summed E-state index contributed by atoms with van der Waals surface area (Å²) in [5.74, 6) is -0.133. The van der Waals surface area contributed by atoms with Crippen LogP contribution in [0.1, 0.15) is 43.7 Å². The average molecular weight is 367 g/mol. The van der Waals surface area contributed by atoms with Crippen LogP contribution in [0.4, 0.5) is 17.1 Å². The van der Waals surface area contributed by atoms with Crippen LogP contribution < -0.4 is 16.0 Å². The predicted octanol–water partition coefficient (Wildman–Crippen LogP) is 4.87. The van der Waals surface area contributed by atoms with Crippen LogP contribution in [0.2, 0.25) is 0 Å². The van der Waals surface area contributed by atoms with Gasteiger partial charge in [0, 0.05) is 23.5 Å². The van der Waals surface area contributed by atoms with E-state index in [4.69, 9.17) is 0 Å². The summed E-state index contributed by atoms with van der Waals surface area (Å²) in [7, 11) is 0. The van der Waals surface area contributed by atoms with Crippen LogP contribution in [0.25, 0.3) is 0 Å².